The number of aliphatic hydroxyl groups excluding tert-OH is 1. The zero-order valence-electron chi connectivity index (χ0n) is 15.0. The molecular weight excluding hydrogens is 429 g/mol. The molecule has 1 aromatic carbocycles. The van der Waals surface area contributed by atoms with Crippen LogP contribution in [0.25, 0.3) is 0 Å². The van der Waals surface area contributed by atoms with Crippen LogP contribution in [0.4, 0.5) is 15.2 Å². The second-order valence-electron chi connectivity index (χ2n) is 5.93. The molecular formula is C16H23ClFN5O3S2. The van der Waals surface area contributed by atoms with Gasteiger partial charge in [-0.3, -0.25) is 4.72 Å². The summed E-state index contributed by atoms with van der Waals surface area (Å²) < 4.78 is 41.2. The van der Waals surface area contributed by atoms with Gasteiger partial charge in [-0.2, -0.15) is 0 Å². The lowest BCUT2D eigenvalue weighted by atomic mass is 10.2. The summed E-state index contributed by atoms with van der Waals surface area (Å²) in [4.78, 5) is 3.28. The van der Waals surface area contributed by atoms with E-state index in [9.17, 15) is 17.9 Å². The lowest BCUT2D eigenvalue weighted by Gasteiger charge is -2.12. The fourth-order valence-electron chi connectivity index (χ4n) is 2.26. The number of halogens is 2. The average molecular weight is 452 g/mol. The Kier molecular flexibility index (Phi) is 8.86. The van der Waals surface area contributed by atoms with Crippen molar-refractivity contribution in [3.63, 3.8) is 0 Å². The smallest absolute Gasteiger partial charge is 0.266 e. The van der Waals surface area contributed by atoms with Crippen molar-refractivity contribution in [3.05, 3.63) is 34.5 Å². The quantitative estimate of drug-likeness (QED) is 0.311. The lowest BCUT2D eigenvalue weighted by Crippen LogP contribution is -2.33. The molecule has 0 amide bonds. The molecule has 2 rings (SSSR count). The Hall–Kier alpha value is -1.50. The molecule has 2 aromatic rings. The van der Waals surface area contributed by atoms with Crippen LogP contribution in [0.15, 0.2) is 28.6 Å². The van der Waals surface area contributed by atoms with Crippen molar-refractivity contribution in [2.75, 3.05) is 36.2 Å². The van der Waals surface area contributed by atoms with Crippen LogP contribution in [0.3, 0.4) is 0 Å². The number of aromatic nitrogens is 1. The molecule has 0 aliphatic rings. The maximum atomic E-state index is 14.4. The molecule has 6 N–H and O–H groups in total. The Morgan fingerprint density at radius 2 is 2.07 bits per heavy atom. The van der Waals surface area contributed by atoms with Gasteiger partial charge < -0.3 is 21.5 Å². The Labute approximate surface area is 172 Å². The number of anilines is 2. The Balaban J connectivity index is 1.87. The lowest BCUT2D eigenvalue weighted by molar-refractivity contribution is 0.179. The van der Waals surface area contributed by atoms with Crippen LogP contribution in [0, 0.1) is 5.82 Å². The average Bonchev–Trinajstić information content (AvgIpc) is 3.15. The summed E-state index contributed by atoms with van der Waals surface area (Å²) in [6, 6.07) is 2.14. The van der Waals surface area contributed by atoms with Crippen LogP contribution >= 0.6 is 22.9 Å². The van der Waals surface area contributed by atoms with Crippen molar-refractivity contribution in [2.24, 2.45) is 5.73 Å². The Morgan fingerprint density at radius 3 is 2.75 bits per heavy atom. The van der Waals surface area contributed by atoms with Gasteiger partial charge >= 0.3 is 0 Å². The van der Waals surface area contributed by atoms with Gasteiger partial charge in [-0.05, 0) is 31.5 Å². The molecule has 28 heavy (non-hydrogen) atoms. The number of hydrogen-bond donors (Lipinski definition) is 5. The fraction of sp³-hybridized carbons (Fsp3) is 0.438. The second kappa shape index (κ2) is 10.9. The first-order valence-corrected chi connectivity index (χ1v) is 11.3. The summed E-state index contributed by atoms with van der Waals surface area (Å²) in [5.74, 6) is -0.909. The van der Waals surface area contributed by atoms with Gasteiger partial charge in [0.15, 0.2) is 5.13 Å². The highest BCUT2D eigenvalue weighted by molar-refractivity contribution is 7.93. The molecule has 1 aromatic heterocycles. The van der Waals surface area contributed by atoms with Crippen LogP contribution in [-0.2, 0) is 10.0 Å². The first-order chi connectivity index (χ1) is 13.3. The van der Waals surface area contributed by atoms with Gasteiger partial charge in [0.25, 0.3) is 10.0 Å². The zero-order valence-corrected chi connectivity index (χ0v) is 17.4. The molecule has 0 bridgehead atoms. The maximum Gasteiger partial charge on any atom is 0.266 e. The van der Waals surface area contributed by atoms with Gasteiger partial charge in [-0.1, -0.05) is 11.6 Å². The van der Waals surface area contributed by atoms with Crippen LogP contribution < -0.4 is 21.1 Å². The van der Waals surface area contributed by atoms with E-state index < -0.39 is 26.8 Å². The molecule has 0 fully saturated rings. The molecule has 0 saturated carbocycles. The van der Waals surface area contributed by atoms with E-state index >= 15 is 0 Å². The van der Waals surface area contributed by atoms with E-state index in [0.717, 1.165) is 36.3 Å². The van der Waals surface area contributed by atoms with E-state index in [-0.39, 0.29) is 16.7 Å². The minimum atomic E-state index is -4.12. The molecule has 8 nitrogen and oxygen atoms in total. The number of unbranched alkanes of at least 4 members (excludes halogenated alkanes) is 1. The summed E-state index contributed by atoms with van der Waals surface area (Å²) in [6.07, 6.45) is 2.48. The first kappa shape index (κ1) is 22.8. The third-order valence-corrected chi connectivity index (χ3v) is 6.20. The van der Waals surface area contributed by atoms with Gasteiger partial charge in [0.2, 0.25) is 0 Å². The highest BCUT2D eigenvalue weighted by Gasteiger charge is 2.22. The van der Waals surface area contributed by atoms with Crippen molar-refractivity contribution >= 4 is 43.8 Å². The molecule has 0 saturated heterocycles. The number of nitrogens with two attached hydrogens (primary N) is 1. The molecule has 0 radical (unpaired) electrons. The molecule has 0 aliphatic carbocycles. The number of sulfonamides is 1. The van der Waals surface area contributed by atoms with E-state index in [0.29, 0.717) is 25.3 Å². The fourth-order valence-corrected chi connectivity index (χ4v) is 4.43. The normalized spacial score (nSPS) is 12.7. The van der Waals surface area contributed by atoms with Crippen molar-refractivity contribution in [1.29, 1.82) is 0 Å². The number of benzene rings is 1. The van der Waals surface area contributed by atoms with Gasteiger partial charge in [0.1, 0.15) is 10.7 Å². The Morgan fingerprint density at radius 1 is 1.32 bits per heavy atom. The zero-order chi connectivity index (χ0) is 20.6. The highest BCUT2D eigenvalue weighted by Crippen LogP contribution is 2.29. The number of rotatable bonds is 12. The van der Waals surface area contributed by atoms with Crippen LogP contribution in [0.5, 0.6) is 0 Å². The van der Waals surface area contributed by atoms with Crippen molar-refractivity contribution < 1.29 is 17.9 Å². The molecule has 0 spiro atoms. The van der Waals surface area contributed by atoms with E-state index in [4.69, 9.17) is 17.3 Å². The largest absolute Gasteiger partial charge is 0.390 e. The van der Waals surface area contributed by atoms with Crippen LogP contribution in [0.2, 0.25) is 5.02 Å². The number of aliphatic hydroxyl groups is 1. The molecule has 0 unspecified atom stereocenters. The summed E-state index contributed by atoms with van der Waals surface area (Å²) in [5.41, 5.74) is 5.63. The predicted octanol–water partition coefficient (Wildman–Crippen LogP) is 1.84. The van der Waals surface area contributed by atoms with Gasteiger partial charge in [-0.15, -0.1) is 11.3 Å². The van der Waals surface area contributed by atoms with E-state index in [1.807, 2.05) is 0 Å². The number of nitrogens with zero attached hydrogens (tertiary/aromatic N) is 1. The molecule has 1 heterocycles. The second-order valence-corrected chi connectivity index (χ2v) is 8.89. The summed E-state index contributed by atoms with van der Waals surface area (Å²) in [7, 11) is -4.12. The molecule has 1 atom stereocenters. The standard InChI is InChI=1S/C16H23ClFN5O3S2/c17-12-7-15(28(25,26)23-16-22-5-6-27-16)13(18)8-14(12)21-4-2-1-3-20-10-11(24)9-19/h5-8,11,20-21,24H,1-4,9-10,19H2,(H,22,23)/t11-/m0/s1. The van der Waals surface area contributed by atoms with E-state index in [1.54, 1.807) is 5.38 Å². The number of hydrogen-bond acceptors (Lipinski definition) is 8. The molecule has 12 heteroatoms. The summed E-state index contributed by atoms with van der Waals surface area (Å²) in [6.45, 7) is 1.89. The third kappa shape index (κ3) is 6.83. The van der Waals surface area contributed by atoms with Crippen molar-refractivity contribution in [2.45, 2.75) is 23.8 Å². The van der Waals surface area contributed by atoms with Crippen molar-refractivity contribution in [1.82, 2.24) is 10.3 Å². The third-order valence-electron chi connectivity index (χ3n) is 3.71. The Bertz CT molecular complexity index is 852. The summed E-state index contributed by atoms with van der Waals surface area (Å²) in [5, 5.41) is 17.2. The van der Waals surface area contributed by atoms with Crippen LogP contribution in [0.1, 0.15) is 12.8 Å². The minimum absolute atomic E-state index is 0.102. The van der Waals surface area contributed by atoms with Gasteiger partial charge in [-0.25, -0.2) is 17.8 Å². The molecule has 0 aliphatic heterocycles. The van der Waals surface area contributed by atoms with E-state index in [1.165, 1.54) is 6.20 Å². The van der Waals surface area contributed by atoms with E-state index in [2.05, 4.69) is 20.3 Å². The topological polar surface area (TPSA) is 129 Å². The van der Waals surface area contributed by atoms with Crippen LogP contribution in [-0.4, -0.2) is 50.8 Å². The number of thiazole rings is 1. The monoisotopic (exact) mass is 451 g/mol. The van der Waals surface area contributed by atoms with Crippen molar-refractivity contribution in [3.8, 4) is 0 Å². The number of nitrogens with one attached hydrogen (secondary N) is 3. The van der Waals surface area contributed by atoms with Gasteiger partial charge in [0.05, 0.1) is 16.8 Å². The first-order valence-electron chi connectivity index (χ1n) is 8.57. The summed E-state index contributed by atoms with van der Waals surface area (Å²) >= 11 is 7.20. The van der Waals surface area contributed by atoms with Gasteiger partial charge in [0, 0.05) is 31.2 Å². The maximum absolute atomic E-state index is 14.4. The molecule has 156 valence electrons. The minimum Gasteiger partial charge on any atom is -0.390 e. The highest BCUT2D eigenvalue weighted by atomic mass is 35.5. The predicted molar refractivity (Wildman–Crippen MR) is 110 cm³/mol. The SMILES string of the molecule is NC[C@H](O)CNCCCCNc1cc(F)c(S(=O)(=O)Nc2nccs2)cc1Cl.